The summed E-state index contributed by atoms with van der Waals surface area (Å²) in [5.41, 5.74) is 0.130. The summed E-state index contributed by atoms with van der Waals surface area (Å²) in [5.74, 6) is -2.42. The third kappa shape index (κ3) is 3.91. The summed E-state index contributed by atoms with van der Waals surface area (Å²) in [7, 11) is -0.752. The molecule has 0 aliphatic heterocycles. The Morgan fingerprint density at radius 3 is 2.00 bits per heavy atom. The van der Waals surface area contributed by atoms with Crippen LogP contribution in [0.5, 0.6) is 0 Å². The van der Waals surface area contributed by atoms with Crippen molar-refractivity contribution >= 4 is 21.6 Å². The van der Waals surface area contributed by atoms with Gasteiger partial charge in [0.1, 0.15) is 11.6 Å². The summed E-state index contributed by atoms with van der Waals surface area (Å²) in [4.78, 5) is 12.0. The number of carbonyl (C=O) groups excluding carboxylic acids is 1. The predicted octanol–water partition coefficient (Wildman–Crippen LogP) is 2.47. The highest BCUT2D eigenvalue weighted by Gasteiger charge is 2.17. The number of sulfonamides is 1. The summed E-state index contributed by atoms with van der Waals surface area (Å²) in [5, 5.41) is 2.44. The van der Waals surface area contributed by atoms with Crippen LogP contribution in [0.1, 0.15) is 10.4 Å². The molecule has 0 aliphatic carbocycles. The molecule has 8 heteroatoms. The van der Waals surface area contributed by atoms with E-state index in [9.17, 15) is 22.0 Å². The summed E-state index contributed by atoms with van der Waals surface area (Å²) in [6, 6.07) is 7.92. The molecule has 23 heavy (non-hydrogen) atoms. The molecule has 1 N–H and O–H groups in total. The number of carbonyl (C=O) groups is 1. The molecule has 1 amide bonds. The molecule has 0 spiro atoms. The van der Waals surface area contributed by atoms with Gasteiger partial charge in [0.25, 0.3) is 5.91 Å². The third-order valence-electron chi connectivity index (χ3n) is 3.02. The first-order valence-corrected chi connectivity index (χ1v) is 7.94. The van der Waals surface area contributed by atoms with Crippen LogP contribution in [0.2, 0.25) is 0 Å². The van der Waals surface area contributed by atoms with E-state index in [0.717, 1.165) is 16.4 Å². The van der Waals surface area contributed by atoms with Gasteiger partial charge in [-0.15, -0.1) is 0 Å². The van der Waals surface area contributed by atoms with Crippen molar-refractivity contribution in [3.8, 4) is 0 Å². The minimum absolute atomic E-state index is 0.0669. The highest BCUT2D eigenvalue weighted by Crippen LogP contribution is 2.17. The van der Waals surface area contributed by atoms with Gasteiger partial charge in [0.15, 0.2) is 0 Å². The quantitative estimate of drug-likeness (QED) is 0.930. The predicted molar refractivity (Wildman–Crippen MR) is 81.6 cm³/mol. The molecule has 0 aliphatic rings. The van der Waals surface area contributed by atoms with Gasteiger partial charge >= 0.3 is 0 Å². The molecule has 0 saturated heterocycles. The minimum atomic E-state index is -3.56. The standard InChI is InChI=1S/C15H14F2N2O3S/c1-19(2)23(21,22)14-5-3-13(4-6-14)18-15(20)10-7-11(16)9-12(17)8-10/h3-9H,1-2H3,(H,18,20). The molecule has 2 aromatic carbocycles. The van der Waals surface area contributed by atoms with Crippen LogP contribution in [0, 0.1) is 11.6 Å². The zero-order valence-electron chi connectivity index (χ0n) is 12.4. The molecule has 0 aromatic heterocycles. The average molecular weight is 340 g/mol. The van der Waals surface area contributed by atoms with Crippen molar-refractivity contribution < 1.29 is 22.0 Å². The highest BCUT2D eigenvalue weighted by molar-refractivity contribution is 7.89. The van der Waals surface area contributed by atoms with E-state index in [1.807, 2.05) is 0 Å². The number of anilines is 1. The fraction of sp³-hybridized carbons (Fsp3) is 0.133. The SMILES string of the molecule is CN(C)S(=O)(=O)c1ccc(NC(=O)c2cc(F)cc(F)c2)cc1. The first kappa shape index (κ1) is 17.0. The first-order chi connectivity index (χ1) is 10.7. The van der Waals surface area contributed by atoms with Gasteiger partial charge in [-0.3, -0.25) is 4.79 Å². The van der Waals surface area contributed by atoms with Crippen LogP contribution in [0.3, 0.4) is 0 Å². The zero-order valence-corrected chi connectivity index (χ0v) is 13.2. The number of benzene rings is 2. The molecule has 0 heterocycles. The lowest BCUT2D eigenvalue weighted by atomic mass is 10.2. The van der Waals surface area contributed by atoms with Gasteiger partial charge in [0, 0.05) is 31.4 Å². The van der Waals surface area contributed by atoms with Crippen LogP contribution < -0.4 is 5.32 Å². The van der Waals surface area contributed by atoms with E-state index in [1.165, 1.54) is 38.4 Å². The van der Waals surface area contributed by atoms with Crippen LogP contribution >= 0.6 is 0 Å². The topological polar surface area (TPSA) is 66.5 Å². The van der Waals surface area contributed by atoms with E-state index >= 15 is 0 Å². The van der Waals surface area contributed by atoms with Gasteiger partial charge in [0.05, 0.1) is 4.90 Å². The lowest BCUT2D eigenvalue weighted by molar-refractivity contribution is 0.102. The number of hydrogen-bond acceptors (Lipinski definition) is 3. The Bertz CT molecular complexity index is 814. The van der Waals surface area contributed by atoms with Gasteiger partial charge in [0.2, 0.25) is 10.0 Å². The fourth-order valence-corrected chi connectivity index (χ4v) is 2.71. The first-order valence-electron chi connectivity index (χ1n) is 6.50. The molecule has 2 rings (SSSR count). The molecular weight excluding hydrogens is 326 g/mol. The zero-order chi connectivity index (χ0) is 17.2. The normalized spacial score (nSPS) is 11.5. The van der Waals surface area contributed by atoms with Crippen molar-refractivity contribution in [1.82, 2.24) is 4.31 Å². The maximum Gasteiger partial charge on any atom is 0.255 e. The van der Waals surface area contributed by atoms with Gasteiger partial charge in [-0.1, -0.05) is 0 Å². The summed E-state index contributed by atoms with van der Waals surface area (Å²) >= 11 is 0. The Labute approximate surface area is 132 Å². The summed E-state index contributed by atoms with van der Waals surface area (Å²) in [6.45, 7) is 0. The van der Waals surface area contributed by atoms with Crippen LogP contribution in [0.25, 0.3) is 0 Å². The second-order valence-electron chi connectivity index (χ2n) is 4.92. The fourth-order valence-electron chi connectivity index (χ4n) is 1.81. The van der Waals surface area contributed by atoms with E-state index in [4.69, 9.17) is 0 Å². The largest absolute Gasteiger partial charge is 0.322 e. The molecule has 122 valence electrons. The Balaban J connectivity index is 2.19. The molecule has 0 fully saturated rings. The third-order valence-corrected chi connectivity index (χ3v) is 4.84. The molecule has 5 nitrogen and oxygen atoms in total. The van der Waals surface area contributed by atoms with E-state index < -0.39 is 27.6 Å². The van der Waals surface area contributed by atoms with Crippen LogP contribution in [-0.4, -0.2) is 32.7 Å². The maximum atomic E-state index is 13.1. The van der Waals surface area contributed by atoms with Crippen LogP contribution in [-0.2, 0) is 10.0 Å². The Morgan fingerprint density at radius 2 is 1.52 bits per heavy atom. The van der Waals surface area contributed by atoms with Crippen molar-refractivity contribution in [3.63, 3.8) is 0 Å². The van der Waals surface area contributed by atoms with Crippen molar-refractivity contribution in [3.05, 3.63) is 59.7 Å². The lowest BCUT2D eigenvalue weighted by Crippen LogP contribution is -2.22. The van der Waals surface area contributed by atoms with E-state index in [2.05, 4.69) is 5.32 Å². The Kier molecular flexibility index (Phi) is 4.76. The monoisotopic (exact) mass is 340 g/mol. The second-order valence-corrected chi connectivity index (χ2v) is 7.08. The maximum absolute atomic E-state index is 13.1. The molecule has 2 aromatic rings. The number of nitrogens with zero attached hydrogens (tertiary/aromatic N) is 1. The van der Waals surface area contributed by atoms with E-state index in [-0.39, 0.29) is 10.5 Å². The van der Waals surface area contributed by atoms with Gasteiger partial charge in [-0.25, -0.2) is 21.5 Å². The molecule has 0 saturated carbocycles. The van der Waals surface area contributed by atoms with E-state index in [1.54, 1.807) is 0 Å². The average Bonchev–Trinajstić information content (AvgIpc) is 2.46. The molecule has 0 bridgehead atoms. The van der Waals surface area contributed by atoms with Crippen molar-refractivity contribution in [2.24, 2.45) is 0 Å². The Hall–Kier alpha value is -2.32. The van der Waals surface area contributed by atoms with Crippen molar-refractivity contribution in [2.45, 2.75) is 4.90 Å². The van der Waals surface area contributed by atoms with Crippen LogP contribution in [0.15, 0.2) is 47.4 Å². The van der Waals surface area contributed by atoms with Crippen LogP contribution in [0.4, 0.5) is 14.5 Å². The molecule has 0 atom stereocenters. The number of nitrogens with one attached hydrogen (secondary N) is 1. The molecular formula is C15H14F2N2O3S. The van der Waals surface area contributed by atoms with Crippen molar-refractivity contribution in [1.29, 1.82) is 0 Å². The summed E-state index contributed by atoms with van der Waals surface area (Å²) in [6.07, 6.45) is 0. The molecule has 0 radical (unpaired) electrons. The number of hydrogen-bond donors (Lipinski definition) is 1. The number of rotatable bonds is 4. The Morgan fingerprint density at radius 1 is 1.00 bits per heavy atom. The highest BCUT2D eigenvalue weighted by atomic mass is 32.2. The molecule has 0 unspecified atom stereocenters. The van der Waals surface area contributed by atoms with Gasteiger partial charge in [-0.05, 0) is 36.4 Å². The van der Waals surface area contributed by atoms with Gasteiger partial charge < -0.3 is 5.32 Å². The van der Waals surface area contributed by atoms with Gasteiger partial charge in [-0.2, -0.15) is 0 Å². The number of amides is 1. The van der Waals surface area contributed by atoms with Crippen molar-refractivity contribution in [2.75, 3.05) is 19.4 Å². The second kappa shape index (κ2) is 6.43. The smallest absolute Gasteiger partial charge is 0.255 e. The lowest BCUT2D eigenvalue weighted by Gasteiger charge is -2.12. The summed E-state index contributed by atoms with van der Waals surface area (Å²) < 4.78 is 51.1. The van der Waals surface area contributed by atoms with E-state index in [0.29, 0.717) is 11.8 Å². The minimum Gasteiger partial charge on any atom is -0.322 e. The number of halogens is 2.